The minimum atomic E-state index is -0.202. The van der Waals surface area contributed by atoms with Crippen LogP contribution in [0.3, 0.4) is 0 Å². The summed E-state index contributed by atoms with van der Waals surface area (Å²) in [5.74, 6) is 1.10. The number of ether oxygens (including phenoxy) is 2. The van der Waals surface area contributed by atoms with Crippen molar-refractivity contribution < 1.29 is 14.3 Å². The molecule has 0 unspecified atom stereocenters. The van der Waals surface area contributed by atoms with Gasteiger partial charge in [0.25, 0.3) is 5.91 Å². The molecule has 7 nitrogen and oxygen atoms in total. The molecule has 1 N–H and O–H groups in total. The summed E-state index contributed by atoms with van der Waals surface area (Å²) in [5, 5.41) is 3.74. The third-order valence-electron chi connectivity index (χ3n) is 3.88. The summed E-state index contributed by atoms with van der Waals surface area (Å²) < 4.78 is 10.8. The van der Waals surface area contributed by atoms with Crippen LogP contribution in [0.4, 0.5) is 0 Å². The van der Waals surface area contributed by atoms with Crippen LogP contribution < -0.4 is 10.1 Å². The molecule has 0 fully saturated rings. The van der Waals surface area contributed by atoms with Crippen molar-refractivity contribution in [1.82, 2.24) is 20.3 Å². The molecule has 1 amide bonds. The van der Waals surface area contributed by atoms with Crippen LogP contribution >= 0.6 is 11.3 Å². The molecule has 0 saturated heterocycles. The summed E-state index contributed by atoms with van der Waals surface area (Å²) in [5.41, 5.74) is 2.19. The van der Waals surface area contributed by atoms with Gasteiger partial charge in [-0.2, -0.15) is 0 Å². The van der Waals surface area contributed by atoms with Gasteiger partial charge >= 0.3 is 0 Å². The summed E-state index contributed by atoms with van der Waals surface area (Å²) in [6.07, 6.45) is 5.23. The van der Waals surface area contributed by atoms with E-state index in [0.29, 0.717) is 36.9 Å². The van der Waals surface area contributed by atoms with Crippen LogP contribution in [-0.2, 0) is 11.3 Å². The van der Waals surface area contributed by atoms with Crippen molar-refractivity contribution in [3.05, 3.63) is 58.6 Å². The van der Waals surface area contributed by atoms with E-state index in [1.54, 1.807) is 36.9 Å². The molecular weight excluding hydrogens is 376 g/mol. The zero-order valence-corrected chi connectivity index (χ0v) is 16.9. The number of amides is 1. The standard InChI is InChI=1S/C20H22N4O3S/c1-13-9-24-20(28-13)17-6-16(7-18(8-17)27-5-4-26-3)19(25)23-12-15-10-21-14(2)22-11-15/h6-11H,4-5,12H2,1-3H3,(H,23,25). The first-order chi connectivity index (χ1) is 13.5. The Labute approximate surface area is 167 Å². The number of rotatable bonds is 8. The molecule has 0 aliphatic heterocycles. The third kappa shape index (κ3) is 5.34. The maximum Gasteiger partial charge on any atom is 0.251 e. The lowest BCUT2D eigenvalue weighted by atomic mass is 10.1. The van der Waals surface area contributed by atoms with E-state index in [-0.39, 0.29) is 5.91 Å². The van der Waals surface area contributed by atoms with Crippen molar-refractivity contribution in [3.63, 3.8) is 0 Å². The Morgan fingerprint density at radius 2 is 1.86 bits per heavy atom. The Morgan fingerprint density at radius 3 is 2.54 bits per heavy atom. The lowest BCUT2D eigenvalue weighted by Crippen LogP contribution is -2.23. The number of nitrogens with zero attached hydrogens (tertiary/aromatic N) is 3. The first kappa shape index (κ1) is 19.9. The maximum absolute atomic E-state index is 12.7. The molecule has 3 rings (SSSR count). The van der Waals surface area contributed by atoms with Crippen molar-refractivity contribution in [2.24, 2.45) is 0 Å². The van der Waals surface area contributed by atoms with Gasteiger partial charge in [0.15, 0.2) is 0 Å². The third-order valence-corrected chi connectivity index (χ3v) is 4.84. The number of carbonyl (C=O) groups excluding carboxylic acids is 1. The van der Waals surface area contributed by atoms with E-state index < -0.39 is 0 Å². The summed E-state index contributed by atoms with van der Waals surface area (Å²) in [7, 11) is 1.62. The maximum atomic E-state index is 12.7. The highest BCUT2D eigenvalue weighted by Gasteiger charge is 2.13. The average molecular weight is 398 g/mol. The molecule has 3 aromatic rings. The average Bonchev–Trinajstić information content (AvgIpc) is 3.14. The van der Waals surface area contributed by atoms with Crippen molar-refractivity contribution >= 4 is 17.2 Å². The number of aryl methyl sites for hydroxylation is 2. The smallest absolute Gasteiger partial charge is 0.251 e. The van der Waals surface area contributed by atoms with Crippen molar-refractivity contribution in [1.29, 1.82) is 0 Å². The highest BCUT2D eigenvalue weighted by Crippen LogP contribution is 2.29. The van der Waals surface area contributed by atoms with Gasteiger partial charge in [-0.15, -0.1) is 11.3 Å². The van der Waals surface area contributed by atoms with Gasteiger partial charge in [-0.1, -0.05) is 0 Å². The second-order valence-electron chi connectivity index (χ2n) is 6.18. The van der Waals surface area contributed by atoms with Gasteiger partial charge in [-0.3, -0.25) is 4.79 Å². The summed E-state index contributed by atoms with van der Waals surface area (Å²) in [4.78, 5) is 26.5. The Balaban J connectivity index is 1.79. The minimum absolute atomic E-state index is 0.202. The molecule has 2 heterocycles. The van der Waals surface area contributed by atoms with Crippen molar-refractivity contribution in [2.75, 3.05) is 20.3 Å². The minimum Gasteiger partial charge on any atom is -0.491 e. The molecule has 0 radical (unpaired) electrons. The molecule has 0 saturated carbocycles. The second-order valence-corrected chi connectivity index (χ2v) is 7.42. The molecule has 0 spiro atoms. The van der Waals surface area contributed by atoms with Gasteiger partial charge in [-0.05, 0) is 32.0 Å². The summed E-state index contributed by atoms with van der Waals surface area (Å²) >= 11 is 1.57. The fraction of sp³-hybridized carbons (Fsp3) is 0.300. The zero-order chi connectivity index (χ0) is 19.9. The van der Waals surface area contributed by atoms with Crippen molar-refractivity contribution in [2.45, 2.75) is 20.4 Å². The normalized spacial score (nSPS) is 10.7. The van der Waals surface area contributed by atoms with E-state index in [1.807, 2.05) is 32.2 Å². The molecule has 0 aliphatic rings. The Bertz CT molecular complexity index is 941. The first-order valence-corrected chi connectivity index (χ1v) is 9.62. The lowest BCUT2D eigenvalue weighted by Gasteiger charge is -2.11. The summed E-state index contributed by atoms with van der Waals surface area (Å²) in [6.45, 7) is 5.03. The van der Waals surface area contributed by atoms with E-state index in [2.05, 4.69) is 20.3 Å². The molecule has 8 heteroatoms. The number of benzene rings is 1. The Kier molecular flexibility index (Phi) is 6.67. The number of aromatic nitrogens is 3. The molecule has 0 bridgehead atoms. The number of methoxy groups -OCH3 is 1. The molecule has 28 heavy (non-hydrogen) atoms. The van der Waals surface area contributed by atoms with E-state index in [1.165, 1.54) is 0 Å². The second kappa shape index (κ2) is 9.38. The lowest BCUT2D eigenvalue weighted by molar-refractivity contribution is 0.0950. The fourth-order valence-electron chi connectivity index (χ4n) is 2.46. The SMILES string of the molecule is COCCOc1cc(C(=O)NCc2cnc(C)nc2)cc(-c2ncc(C)s2)c1. The van der Waals surface area contributed by atoms with Crippen LogP contribution in [0.5, 0.6) is 5.75 Å². The van der Waals surface area contributed by atoms with Crippen LogP contribution in [0.1, 0.15) is 26.6 Å². The quantitative estimate of drug-likeness (QED) is 0.587. The molecule has 2 aromatic heterocycles. The highest BCUT2D eigenvalue weighted by atomic mass is 32.1. The van der Waals surface area contributed by atoms with E-state index in [0.717, 1.165) is 21.0 Å². The van der Waals surface area contributed by atoms with Gasteiger partial charge in [0.2, 0.25) is 0 Å². The van der Waals surface area contributed by atoms with E-state index in [4.69, 9.17) is 9.47 Å². The topological polar surface area (TPSA) is 86.2 Å². The van der Waals surface area contributed by atoms with Crippen LogP contribution in [0.15, 0.2) is 36.8 Å². The Morgan fingerprint density at radius 1 is 1.07 bits per heavy atom. The van der Waals surface area contributed by atoms with Crippen LogP contribution in [0, 0.1) is 13.8 Å². The van der Waals surface area contributed by atoms with Crippen LogP contribution in [0.2, 0.25) is 0 Å². The number of hydrogen-bond acceptors (Lipinski definition) is 7. The number of thiazole rings is 1. The first-order valence-electron chi connectivity index (χ1n) is 8.80. The van der Waals surface area contributed by atoms with Crippen molar-refractivity contribution in [3.8, 4) is 16.3 Å². The number of hydrogen-bond donors (Lipinski definition) is 1. The number of nitrogens with one attached hydrogen (secondary N) is 1. The van der Waals surface area contributed by atoms with Gasteiger partial charge in [0.05, 0.1) is 6.61 Å². The van der Waals surface area contributed by atoms with Crippen LogP contribution in [-0.4, -0.2) is 41.2 Å². The van der Waals surface area contributed by atoms with Gasteiger partial charge in [-0.25, -0.2) is 15.0 Å². The Hall–Kier alpha value is -2.84. The summed E-state index contributed by atoms with van der Waals surface area (Å²) in [6, 6.07) is 5.43. The molecule has 0 atom stereocenters. The predicted octanol–water partition coefficient (Wildman–Crippen LogP) is 3.17. The van der Waals surface area contributed by atoms with Gasteiger partial charge in [0, 0.05) is 53.8 Å². The van der Waals surface area contributed by atoms with Gasteiger partial charge < -0.3 is 14.8 Å². The molecule has 0 aliphatic carbocycles. The van der Waals surface area contributed by atoms with Crippen LogP contribution in [0.25, 0.3) is 10.6 Å². The molecule has 1 aromatic carbocycles. The van der Waals surface area contributed by atoms with E-state index >= 15 is 0 Å². The largest absolute Gasteiger partial charge is 0.491 e. The molecule has 146 valence electrons. The fourth-order valence-corrected chi connectivity index (χ4v) is 3.21. The zero-order valence-electron chi connectivity index (χ0n) is 16.1. The number of carbonyl (C=O) groups is 1. The predicted molar refractivity (Wildman–Crippen MR) is 108 cm³/mol. The van der Waals surface area contributed by atoms with E-state index in [9.17, 15) is 4.79 Å². The monoisotopic (exact) mass is 398 g/mol. The van der Waals surface area contributed by atoms with Gasteiger partial charge in [0.1, 0.15) is 23.2 Å². The molecular formula is C20H22N4O3S. The highest BCUT2D eigenvalue weighted by molar-refractivity contribution is 7.14.